The van der Waals surface area contributed by atoms with Crippen LogP contribution >= 0.6 is 11.3 Å². The first-order valence-corrected chi connectivity index (χ1v) is 6.70. The highest BCUT2D eigenvalue weighted by molar-refractivity contribution is 7.10. The zero-order valence-corrected chi connectivity index (χ0v) is 11.6. The Balaban J connectivity index is 2.38. The number of pyridine rings is 1. The summed E-state index contributed by atoms with van der Waals surface area (Å²) in [5.74, 6) is -0.218. The van der Waals surface area contributed by atoms with Gasteiger partial charge in [-0.15, -0.1) is 11.3 Å². The molecule has 2 aromatic rings. The fraction of sp³-hybridized carbons (Fsp3) is 0.231. The van der Waals surface area contributed by atoms with Gasteiger partial charge >= 0.3 is 0 Å². The number of carbonyl (C=O) groups is 1. The third-order valence-corrected chi connectivity index (χ3v) is 4.13. The molecule has 0 spiro atoms. The summed E-state index contributed by atoms with van der Waals surface area (Å²) in [6, 6.07) is 5.69. The van der Waals surface area contributed by atoms with E-state index in [0.717, 1.165) is 0 Å². The van der Waals surface area contributed by atoms with E-state index in [-0.39, 0.29) is 11.9 Å². The van der Waals surface area contributed by atoms with Crippen LogP contribution in [0.25, 0.3) is 0 Å². The Morgan fingerprint density at radius 3 is 2.84 bits per heavy atom. The molecule has 100 valence electrons. The number of hydrogen-bond acceptors (Lipinski definition) is 5. The molecule has 0 aliphatic heterocycles. The number of nitrogen functional groups attached to an aromatic ring is 1. The van der Waals surface area contributed by atoms with Crippen LogP contribution in [0.1, 0.15) is 28.2 Å². The Bertz CT molecular complexity index is 582. The van der Waals surface area contributed by atoms with E-state index in [2.05, 4.69) is 18.0 Å². The predicted octanol–water partition coefficient (Wildman–Crippen LogP) is 2.02. The number of nitrogens with zero attached hydrogens (tertiary/aromatic N) is 2. The first kappa shape index (κ1) is 13.4. The van der Waals surface area contributed by atoms with Gasteiger partial charge in [0, 0.05) is 11.9 Å². The van der Waals surface area contributed by atoms with Crippen LogP contribution in [0.4, 0.5) is 11.5 Å². The largest absolute Gasteiger partial charge is 0.384 e. The minimum atomic E-state index is -0.505. The lowest BCUT2D eigenvalue weighted by molar-refractivity contribution is 0.100. The number of hydrogen-bond donors (Lipinski definition) is 2. The molecule has 4 N–H and O–H groups in total. The number of thiophene rings is 1. The van der Waals surface area contributed by atoms with Crippen molar-refractivity contribution in [2.24, 2.45) is 5.73 Å². The highest BCUT2D eigenvalue weighted by atomic mass is 32.1. The smallest absolute Gasteiger partial charge is 0.251 e. The summed E-state index contributed by atoms with van der Waals surface area (Å²) in [6.45, 7) is 2.06. The Hall–Kier alpha value is -2.08. The van der Waals surface area contributed by atoms with E-state index in [0.29, 0.717) is 11.3 Å². The second kappa shape index (κ2) is 5.27. The van der Waals surface area contributed by atoms with Gasteiger partial charge in [-0.25, -0.2) is 4.98 Å². The Kier molecular flexibility index (Phi) is 3.71. The number of carbonyl (C=O) groups excluding carboxylic acids is 1. The van der Waals surface area contributed by atoms with Crippen LogP contribution in [-0.2, 0) is 0 Å². The maximum Gasteiger partial charge on any atom is 0.251 e. The SMILES string of the molecule is CC(c1cccs1)N(C)c1cnc(N)cc1C(N)=O. The molecule has 0 aliphatic rings. The molecule has 0 fully saturated rings. The summed E-state index contributed by atoms with van der Waals surface area (Å²) in [5.41, 5.74) is 12.1. The second-order valence-corrected chi connectivity index (χ2v) is 5.27. The van der Waals surface area contributed by atoms with Gasteiger partial charge in [0.1, 0.15) is 5.82 Å². The fourth-order valence-electron chi connectivity index (χ4n) is 1.87. The lowest BCUT2D eigenvalue weighted by atomic mass is 10.1. The Morgan fingerprint density at radius 1 is 1.53 bits per heavy atom. The number of rotatable bonds is 4. The highest BCUT2D eigenvalue weighted by Crippen LogP contribution is 2.30. The van der Waals surface area contributed by atoms with Crippen LogP contribution in [0.15, 0.2) is 29.8 Å². The zero-order valence-electron chi connectivity index (χ0n) is 10.8. The summed E-state index contributed by atoms with van der Waals surface area (Å²) in [4.78, 5) is 18.7. The molecule has 0 aliphatic carbocycles. The van der Waals surface area contributed by atoms with Gasteiger partial charge in [0.05, 0.1) is 23.5 Å². The molecule has 1 unspecified atom stereocenters. The van der Waals surface area contributed by atoms with Gasteiger partial charge < -0.3 is 16.4 Å². The third kappa shape index (κ3) is 2.68. The van der Waals surface area contributed by atoms with Crippen molar-refractivity contribution in [3.05, 3.63) is 40.2 Å². The predicted molar refractivity (Wildman–Crippen MR) is 78.3 cm³/mol. The number of nitrogens with two attached hydrogens (primary N) is 2. The molecule has 0 aromatic carbocycles. The van der Waals surface area contributed by atoms with E-state index < -0.39 is 5.91 Å². The molecule has 6 heteroatoms. The van der Waals surface area contributed by atoms with Crippen LogP contribution in [-0.4, -0.2) is 17.9 Å². The average molecular weight is 276 g/mol. The summed E-state index contributed by atoms with van der Waals surface area (Å²) in [5, 5.41) is 2.02. The molecule has 0 bridgehead atoms. The van der Waals surface area contributed by atoms with Crippen molar-refractivity contribution in [2.45, 2.75) is 13.0 Å². The maximum absolute atomic E-state index is 11.5. The maximum atomic E-state index is 11.5. The average Bonchev–Trinajstić information content (AvgIpc) is 2.90. The number of aromatic nitrogens is 1. The molecule has 2 rings (SSSR count). The first-order chi connectivity index (χ1) is 9.00. The Morgan fingerprint density at radius 2 is 2.26 bits per heavy atom. The summed E-state index contributed by atoms with van der Waals surface area (Å²) in [6.07, 6.45) is 1.58. The number of amides is 1. The van der Waals surface area contributed by atoms with Gasteiger partial charge in [0.2, 0.25) is 0 Å². The molecule has 0 saturated carbocycles. The van der Waals surface area contributed by atoms with Crippen molar-refractivity contribution >= 4 is 28.7 Å². The molecule has 0 saturated heterocycles. The molecule has 2 heterocycles. The zero-order chi connectivity index (χ0) is 14.0. The van der Waals surface area contributed by atoms with E-state index in [4.69, 9.17) is 11.5 Å². The summed E-state index contributed by atoms with van der Waals surface area (Å²) in [7, 11) is 1.91. The molecule has 2 aromatic heterocycles. The van der Waals surface area contributed by atoms with Gasteiger partial charge in [-0.1, -0.05) is 6.07 Å². The van der Waals surface area contributed by atoms with Crippen LogP contribution in [0.2, 0.25) is 0 Å². The fourth-order valence-corrected chi connectivity index (χ4v) is 2.70. The van der Waals surface area contributed by atoms with E-state index in [1.807, 2.05) is 23.4 Å². The van der Waals surface area contributed by atoms with Crippen molar-refractivity contribution in [3.63, 3.8) is 0 Å². The number of primary amides is 1. The van der Waals surface area contributed by atoms with Gasteiger partial charge in [-0.2, -0.15) is 0 Å². The molecule has 5 nitrogen and oxygen atoms in total. The second-order valence-electron chi connectivity index (χ2n) is 4.29. The van der Waals surface area contributed by atoms with Crippen molar-refractivity contribution in [2.75, 3.05) is 17.7 Å². The molecule has 1 atom stereocenters. The van der Waals surface area contributed by atoms with Gasteiger partial charge in [0.15, 0.2) is 0 Å². The normalized spacial score (nSPS) is 12.1. The molecule has 19 heavy (non-hydrogen) atoms. The minimum absolute atomic E-state index is 0.128. The van der Waals surface area contributed by atoms with Gasteiger partial charge in [-0.05, 0) is 24.4 Å². The molecular weight excluding hydrogens is 260 g/mol. The van der Waals surface area contributed by atoms with E-state index in [9.17, 15) is 4.79 Å². The van der Waals surface area contributed by atoms with Crippen molar-refractivity contribution < 1.29 is 4.79 Å². The van der Waals surface area contributed by atoms with Crippen LogP contribution in [0.5, 0.6) is 0 Å². The van der Waals surface area contributed by atoms with Crippen LogP contribution in [0.3, 0.4) is 0 Å². The molecule has 1 amide bonds. The van der Waals surface area contributed by atoms with Crippen molar-refractivity contribution in [1.29, 1.82) is 0 Å². The van der Waals surface area contributed by atoms with Crippen LogP contribution < -0.4 is 16.4 Å². The van der Waals surface area contributed by atoms with Crippen LogP contribution in [0, 0.1) is 0 Å². The van der Waals surface area contributed by atoms with Gasteiger partial charge in [0.25, 0.3) is 5.91 Å². The van der Waals surface area contributed by atoms with Gasteiger partial charge in [-0.3, -0.25) is 4.79 Å². The first-order valence-electron chi connectivity index (χ1n) is 5.82. The highest BCUT2D eigenvalue weighted by Gasteiger charge is 2.19. The molecular formula is C13H16N4OS. The van der Waals surface area contributed by atoms with Crippen molar-refractivity contribution in [3.8, 4) is 0 Å². The number of anilines is 2. The lowest BCUT2D eigenvalue weighted by Gasteiger charge is -2.27. The quantitative estimate of drug-likeness (QED) is 0.894. The standard InChI is InChI=1S/C13H16N4OS/c1-8(11-4-3-5-19-11)17(2)10-7-16-12(14)6-9(10)13(15)18/h3-8H,1-2H3,(H2,14,16)(H2,15,18). The molecule has 0 radical (unpaired) electrons. The van der Waals surface area contributed by atoms with Crippen molar-refractivity contribution in [1.82, 2.24) is 4.98 Å². The van der Waals surface area contributed by atoms with E-state index in [1.165, 1.54) is 10.9 Å². The third-order valence-electron chi connectivity index (χ3n) is 3.09. The van der Waals surface area contributed by atoms with E-state index in [1.54, 1.807) is 17.5 Å². The minimum Gasteiger partial charge on any atom is -0.384 e. The summed E-state index contributed by atoms with van der Waals surface area (Å²) < 4.78 is 0. The topological polar surface area (TPSA) is 85.2 Å². The van der Waals surface area contributed by atoms with E-state index >= 15 is 0 Å². The Labute approximate surface area is 115 Å². The monoisotopic (exact) mass is 276 g/mol. The lowest BCUT2D eigenvalue weighted by Crippen LogP contribution is -2.25. The summed E-state index contributed by atoms with van der Waals surface area (Å²) >= 11 is 1.67.